The molecule has 0 fully saturated rings. The van der Waals surface area contributed by atoms with Crippen LogP contribution in [0.5, 0.6) is 0 Å². The van der Waals surface area contributed by atoms with Gasteiger partial charge in [-0.15, -0.1) is 11.3 Å². The van der Waals surface area contributed by atoms with Crippen LogP contribution in [0.25, 0.3) is 10.9 Å². The van der Waals surface area contributed by atoms with Gasteiger partial charge >= 0.3 is 0 Å². The molecule has 0 aliphatic rings. The van der Waals surface area contributed by atoms with Crippen LogP contribution in [0.3, 0.4) is 0 Å². The zero-order valence-corrected chi connectivity index (χ0v) is 17.5. The number of nitrogens with zero attached hydrogens (tertiary/aromatic N) is 1. The van der Waals surface area contributed by atoms with Crippen molar-refractivity contribution in [3.63, 3.8) is 0 Å². The molecule has 30 heavy (non-hydrogen) atoms. The van der Waals surface area contributed by atoms with Gasteiger partial charge in [0.05, 0.1) is 4.88 Å². The van der Waals surface area contributed by atoms with Crippen molar-refractivity contribution in [3.8, 4) is 0 Å². The van der Waals surface area contributed by atoms with Gasteiger partial charge in [-0.1, -0.05) is 54.6 Å². The van der Waals surface area contributed by atoms with Crippen LogP contribution < -0.4 is 5.32 Å². The number of nitrogens with one attached hydrogen (secondary N) is 2. The average molecular weight is 418 g/mol. The van der Waals surface area contributed by atoms with Crippen LogP contribution in [0.15, 0.2) is 78.3 Å². The van der Waals surface area contributed by atoms with E-state index in [0.717, 1.165) is 22.0 Å². The second-order valence-corrected chi connectivity index (χ2v) is 8.19. The molecule has 0 unspecified atom stereocenters. The summed E-state index contributed by atoms with van der Waals surface area (Å²) in [6.45, 7) is 0.485. The fourth-order valence-electron chi connectivity index (χ4n) is 3.56. The minimum atomic E-state index is -0.660. The number of hydrogen-bond acceptors (Lipinski definition) is 3. The molecule has 2 aromatic carbocycles. The standard InChI is InChI=1S/C24H23N3O2S/c1-27(16-17-8-3-2-4-9-17)24(29)21(26-23(28)22-12-7-13-30-22)14-18-15-25-20-11-6-5-10-19(18)20/h2-13,15,21,25H,14,16H2,1H3,(H,26,28)/t21-/m0/s1. The highest BCUT2D eigenvalue weighted by Gasteiger charge is 2.26. The van der Waals surface area contributed by atoms with Crippen LogP contribution in [0.2, 0.25) is 0 Å². The number of thiophene rings is 1. The van der Waals surface area contributed by atoms with Crippen molar-refractivity contribution >= 4 is 34.1 Å². The summed E-state index contributed by atoms with van der Waals surface area (Å²) >= 11 is 1.36. The molecule has 2 amide bonds. The highest BCUT2D eigenvalue weighted by molar-refractivity contribution is 7.12. The van der Waals surface area contributed by atoms with Crippen LogP contribution in [0, 0.1) is 0 Å². The van der Waals surface area contributed by atoms with Crippen LogP contribution in [0.4, 0.5) is 0 Å². The van der Waals surface area contributed by atoms with Gasteiger partial charge in [-0.05, 0) is 28.6 Å². The van der Waals surface area contributed by atoms with E-state index in [1.165, 1.54) is 11.3 Å². The molecule has 152 valence electrons. The molecule has 0 aliphatic carbocycles. The second kappa shape index (κ2) is 8.97. The summed E-state index contributed by atoms with van der Waals surface area (Å²) in [5, 5.41) is 5.87. The number of hydrogen-bond donors (Lipinski definition) is 2. The van der Waals surface area contributed by atoms with Crippen LogP contribution >= 0.6 is 11.3 Å². The highest BCUT2D eigenvalue weighted by atomic mass is 32.1. The Kier molecular flexibility index (Phi) is 5.95. The maximum Gasteiger partial charge on any atom is 0.262 e. The monoisotopic (exact) mass is 417 g/mol. The SMILES string of the molecule is CN(Cc1ccccc1)C(=O)[C@H](Cc1c[nH]c2ccccc12)NC(=O)c1cccs1. The van der Waals surface area contributed by atoms with E-state index in [1.807, 2.05) is 72.2 Å². The van der Waals surface area contributed by atoms with Gasteiger partial charge in [-0.3, -0.25) is 9.59 Å². The Bertz CT molecular complexity index is 1140. The van der Waals surface area contributed by atoms with Gasteiger partial charge in [0.2, 0.25) is 5.91 Å². The van der Waals surface area contributed by atoms with Gasteiger partial charge in [0.15, 0.2) is 0 Å². The first kappa shape index (κ1) is 19.9. The highest BCUT2D eigenvalue weighted by Crippen LogP contribution is 2.20. The fraction of sp³-hybridized carbons (Fsp3) is 0.167. The molecule has 0 aliphatic heterocycles. The molecular weight excluding hydrogens is 394 g/mol. The molecule has 0 saturated carbocycles. The van der Waals surface area contributed by atoms with Gasteiger partial charge < -0.3 is 15.2 Å². The summed E-state index contributed by atoms with van der Waals surface area (Å²) in [5.41, 5.74) is 3.06. The Morgan fingerprint density at radius 3 is 2.57 bits per heavy atom. The fourth-order valence-corrected chi connectivity index (χ4v) is 4.19. The molecule has 2 heterocycles. The lowest BCUT2D eigenvalue weighted by Gasteiger charge is -2.24. The molecule has 0 radical (unpaired) electrons. The zero-order chi connectivity index (χ0) is 20.9. The molecule has 0 spiro atoms. The molecule has 4 rings (SSSR count). The van der Waals surface area contributed by atoms with Crippen molar-refractivity contribution in [2.75, 3.05) is 7.05 Å². The van der Waals surface area contributed by atoms with Crippen molar-refractivity contribution < 1.29 is 9.59 Å². The summed E-state index contributed by atoms with van der Waals surface area (Å²) < 4.78 is 0. The van der Waals surface area contributed by atoms with Crippen LogP contribution in [-0.4, -0.2) is 34.8 Å². The number of para-hydroxylation sites is 1. The van der Waals surface area contributed by atoms with Crippen molar-refractivity contribution in [1.29, 1.82) is 0 Å². The Morgan fingerprint density at radius 2 is 1.80 bits per heavy atom. The summed E-state index contributed by atoms with van der Waals surface area (Å²) in [6.07, 6.45) is 2.33. The molecule has 5 nitrogen and oxygen atoms in total. The van der Waals surface area contributed by atoms with Gasteiger partial charge in [-0.2, -0.15) is 0 Å². The lowest BCUT2D eigenvalue weighted by Crippen LogP contribution is -2.48. The van der Waals surface area contributed by atoms with Gasteiger partial charge in [0, 0.05) is 37.1 Å². The first-order valence-corrected chi connectivity index (χ1v) is 10.7. The Labute approximate surface area is 179 Å². The number of fused-ring (bicyclic) bond motifs is 1. The summed E-state index contributed by atoms with van der Waals surface area (Å²) in [6, 6.07) is 20.7. The van der Waals surface area contributed by atoms with Gasteiger partial charge in [0.25, 0.3) is 5.91 Å². The average Bonchev–Trinajstić information content (AvgIpc) is 3.44. The quantitative estimate of drug-likeness (QED) is 0.473. The number of rotatable bonds is 7. The Morgan fingerprint density at radius 1 is 1.03 bits per heavy atom. The first-order chi connectivity index (χ1) is 14.6. The van der Waals surface area contributed by atoms with Crippen LogP contribution in [0.1, 0.15) is 20.8 Å². The number of likely N-dealkylation sites (N-methyl/N-ethyl adjacent to an activating group) is 1. The number of benzene rings is 2. The third kappa shape index (κ3) is 4.44. The lowest BCUT2D eigenvalue weighted by molar-refractivity contribution is -0.132. The molecule has 0 bridgehead atoms. The molecular formula is C24H23N3O2S. The number of carbonyl (C=O) groups is 2. The number of aromatic amines is 1. The molecule has 2 N–H and O–H groups in total. The van der Waals surface area contributed by atoms with Crippen molar-refractivity contribution in [3.05, 3.63) is 94.3 Å². The van der Waals surface area contributed by atoms with E-state index >= 15 is 0 Å². The minimum absolute atomic E-state index is 0.117. The predicted molar refractivity (Wildman–Crippen MR) is 120 cm³/mol. The number of amides is 2. The van der Waals surface area contributed by atoms with E-state index in [0.29, 0.717) is 17.8 Å². The molecule has 6 heteroatoms. The number of H-pyrrole nitrogens is 1. The largest absolute Gasteiger partial charge is 0.361 e. The lowest BCUT2D eigenvalue weighted by atomic mass is 10.0. The summed E-state index contributed by atoms with van der Waals surface area (Å²) in [7, 11) is 1.77. The summed E-state index contributed by atoms with van der Waals surface area (Å²) in [4.78, 5) is 31.5. The molecule has 0 saturated heterocycles. The molecule has 2 aromatic heterocycles. The van der Waals surface area contributed by atoms with Crippen molar-refractivity contribution in [1.82, 2.24) is 15.2 Å². The Balaban J connectivity index is 1.57. The van der Waals surface area contributed by atoms with E-state index in [4.69, 9.17) is 0 Å². The topological polar surface area (TPSA) is 65.2 Å². The Hall–Kier alpha value is -3.38. The van der Waals surface area contributed by atoms with Crippen LogP contribution in [-0.2, 0) is 17.8 Å². The zero-order valence-electron chi connectivity index (χ0n) is 16.7. The normalized spacial score (nSPS) is 11.9. The minimum Gasteiger partial charge on any atom is -0.361 e. The van der Waals surface area contributed by atoms with E-state index in [2.05, 4.69) is 10.3 Å². The molecule has 1 atom stereocenters. The third-order valence-corrected chi connectivity index (χ3v) is 5.95. The van der Waals surface area contributed by atoms with Gasteiger partial charge in [-0.25, -0.2) is 0 Å². The maximum atomic E-state index is 13.3. The summed E-state index contributed by atoms with van der Waals surface area (Å²) in [5.74, 6) is -0.342. The first-order valence-electron chi connectivity index (χ1n) is 9.80. The van der Waals surface area contributed by atoms with E-state index in [9.17, 15) is 9.59 Å². The molecule has 4 aromatic rings. The predicted octanol–water partition coefficient (Wildman–Crippen LogP) is 4.23. The van der Waals surface area contributed by atoms with E-state index in [-0.39, 0.29) is 11.8 Å². The van der Waals surface area contributed by atoms with E-state index < -0.39 is 6.04 Å². The number of carbonyl (C=O) groups excluding carboxylic acids is 2. The van der Waals surface area contributed by atoms with Gasteiger partial charge in [0.1, 0.15) is 6.04 Å². The second-order valence-electron chi connectivity index (χ2n) is 7.25. The smallest absolute Gasteiger partial charge is 0.262 e. The maximum absolute atomic E-state index is 13.3. The third-order valence-electron chi connectivity index (χ3n) is 5.09. The van der Waals surface area contributed by atoms with E-state index in [1.54, 1.807) is 18.0 Å². The van der Waals surface area contributed by atoms with Crippen molar-refractivity contribution in [2.24, 2.45) is 0 Å². The number of aromatic nitrogens is 1. The van der Waals surface area contributed by atoms with Crippen molar-refractivity contribution in [2.45, 2.75) is 19.0 Å².